The molecule has 0 bridgehead atoms. The lowest BCUT2D eigenvalue weighted by Crippen LogP contribution is -2.12. The van der Waals surface area contributed by atoms with Crippen molar-refractivity contribution in [2.24, 2.45) is 12.0 Å². The first-order valence-corrected chi connectivity index (χ1v) is 8.75. The first-order chi connectivity index (χ1) is 10.6. The van der Waals surface area contributed by atoms with Gasteiger partial charge in [-0.25, -0.2) is 0 Å². The van der Waals surface area contributed by atoms with E-state index in [0.717, 1.165) is 15.1 Å². The molecule has 0 unspecified atom stereocenters. The molecule has 3 aromatic rings. The molecule has 2 aromatic heterocycles. The molecule has 0 aliphatic carbocycles. The molecule has 0 radical (unpaired) electrons. The number of thiazole rings is 1. The van der Waals surface area contributed by atoms with Crippen LogP contribution in [0.15, 0.2) is 40.7 Å². The molecule has 3 rings (SSSR count). The Morgan fingerprint density at radius 3 is 2.86 bits per heavy atom. The van der Waals surface area contributed by atoms with E-state index in [4.69, 9.17) is 23.2 Å². The van der Waals surface area contributed by atoms with Crippen LogP contribution in [0.2, 0.25) is 10.0 Å². The molecule has 0 atom stereocenters. The molecule has 0 saturated heterocycles. The van der Waals surface area contributed by atoms with E-state index in [1.54, 1.807) is 28.0 Å². The summed E-state index contributed by atoms with van der Waals surface area (Å²) in [5, 5.41) is 2.91. The van der Waals surface area contributed by atoms with Gasteiger partial charge in [0.25, 0.3) is 5.91 Å². The number of hydrogen-bond donors (Lipinski definition) is 0. The van der Waals surface area contributed by atoms with E-state index < -0.39 is 0 Å². The average Bonchev–Trinajstić information content (AvgIpc) is 3.10. The Labute approximate surface area is 144 Å². The molecule has 1 amide bonds. The number of carbonyl (C=O) groups is 1. The van der Waals surface area contributed by atoms with E-state index in [-0.39, 0.29) is 5.91 Å². The van der Waals surface area contributed by atoms with Crippen LogP contribution >= 0.6 is 45.9 Å². The average molecular weight is 369 g/mol. The van der Waals surface area contributed by atoms with Gasteiger partial charge in [-0.3, -0.25) is 4.79 Å². The molecule has 3 nitrogen and oxygen atoms in total. The highest BCUT2D eigenvalue weighted by atomic mass is 35.5. The van der Waals surface area contributed by atoms with Crippen molar-refractivity contribution < 1.29 is 4.79 Å². The zero-order valence-electron chi connectivity index (χ0n) is 11.4. The molecule has 2 heterocycles. The van der Waals surface area contributed by atoms with Crippen LogP contribution in [0.5, 0.6) is 0 Å². The maximum absolute atomic E-state index is 12.0. The number of thiophene rings is 1. The van der Waals surface area contributed by atoms with Gasteiger partial charge in [0.05, 0.1) is 20.3 Å². The lowest BCUT2D eigenvalue weighted by molar-refractivity contribution is -0.113. The minimum atomic E-state index is -0.308. The Bertz CT molecular complexity index is 937. The summed E-state index contributed by atoms with van der Waals surface area (Å²) in [6.45, 7) is 0. The van der Waals surface area contributed by atoms with E-state index >= 15 is 0 Å². The Morgan fingerprint density at radius 1 is 1.32 bits per heavy atom. The summed E-state index contributed by atoms with van der Waals surface area (Å²) in [5.74, 6) is -0.308. The second-order valence-corrected chi connectivity index (χ2v) is 7.22. The van der Waals surface area contributed by atoms with Crippen LogP contribution in [0, 0.1) is 0 Å². The lowest BCUT2D eigenvalue weighted by atomic mass is 10.3. The van der Waals surface area contributed by atoms with Crippen LogP contribution in [-0.4, -0.2) is 10.5 Å². The zero-order chi connectivity index (χ0) is 15.7. The molecule has 0 fully saturated rings. The van der Waals surface area contributed by atoms with Crippen molar-refractivity contribution in [1.82, 2.24) is 4.57 Å². The number of carbonyl (C=O) groups excluding carboxylic acids is 1. The molecule has 0 spiro atoms. The van der Waals surface area contributed by atoms with Gasteiger partial charge >= 0.3 is 0 Å². The third-order valence-corrected chi connectivity index (χ3v) is 5.72. The Balaban J connectivity index is 2.01. The molecule has 1 aromatic carbocycles. The van der Waals surface area contributed by atoms with Crippen molar-refractivity contribution in [1.29, 1.82) is 0 Å². The van der Waals surface area contributed by atoms with Gasteiger partial charge in [-0.1, -0.05) is 40.6 Å². The van der Waals surface area contributed by atoms with E-state index in [0.29, 0.717) is 14.8 Å². The van der Waals surface area contributed by atoms with Gasteiger partial charge in [0, 0.05) is 18.0 Å². The number of nitrogens with zero attached hydrogens (tertiary/aromatic N) is 2. The number of rotatable bonds is 2. The summed E-state index contributed by atoms with van der Waals surface area (Å²) in [5.41, 5.74) is 0.785. The van der Waals surface area contributed by atoms with Crippen LogP contribution in [0.25, 0.3) is 16.3 Å². The van der Waals surface area contributed by atoms with Crippen LogP contribution in [-0.2, 0) is 11.8 Å². The number of amides is 1. The topological polar surface area (TPSA) is 34.4 Å². The van der Waals surface area contributed by atoms with Gasteiger partial charge < -0.3 is 4.57 Å². The second-order valence-electron chi connectivity index (χ2n) is 4.45. The maximum Gasteiger partial charge on any atom is 0.272 e. The molecule has 7 heteroatoms. The molecular formula is C15H10Cl2N2OS2. The van der Waals surface area contributed by atoms with Gasteiger partial charge in [-0.15, -0.1) is 11.3 Å². The van der Waals surface area contributed by atoms with E-state index in [9.17, 15) is 4.79 Å². The Morgan fingerprint density at radius 2 is 2.14 bits per heavy atom. The van der Waals surface area contributed by atoms with Gasteiger partial charge in [0.15, 0.2) is 4.80 Å². The second kappa shape index (κ2) is 6.38. The minimum Gasteiger partial charge on any atom is -0.318 e. The molecule has 112 valence electrons. The summed E-state index contributed by atoms with van der Waals surface area (Å²) in [6.07, 6.45) is 3.22. The number of aromatic nitrogens is 1. The van der Waals surface area contributed by atoms with Crippen molar-refractivity contribution in [3.8, 4) is 0 Å². The van der Waals surface area contributed by atoms with Gasteiger partial charge in [0.1, 0.15) is 0 Å². The van der Waals surface area contributed by atoms with E-state index in [2.05, 4.69) is 4.99 Å². The summed E-state index contributed by atoms with van der Waals surface area (Å²) in [7, 11) is 1.82. The monoisotopic (exact) mass is 368 g/mol. The SMILES string of the molecule is Cn1c(=NC(=O)/C=C/c2cccs2)sc2ccc(Cl)c(Cl)c21. The number of fused-ring (bicyclic) bond motifs is 1. The lowest BCUT2D eigenvalue weighted by Gasteiger charge is -1.99. The van der Waals surface area contributed by atoms with Gasteiger partial charge in [-0.05, 0) is 29.7 Å². The van der Waals surface area contributed by atoms with Gasteiger partial charge in [-0.2, -0.15) is 4.99 Å². The summed E-state index contributed by atoms with van der Waals surface area (Å²) < 4.78 is 2.72. The van der Waals surface area contributed by atoms with Crippen molar-refractivity contribution in [2.45, 2.75) is 0 Å². The molecular weight excluding hydrogens is 359 g/mol. The number of halogens is 2. The largest absolute Gasteiger partial charge is 0.318 e. The highest BCUT2D eigenvalue weighted by Crippen LogP contribution is 2.31. The minimum absolute atomic E-state index is 0.308. The zero-order valence-corrected chi connectivity index (χ0v) is 14.6. The van der Waals surface area contributed by atoms with Crippen molar-refractivity contribution >= 4 is 68.1 Å². The van der Waals surface area contributed by atoms with Crippen LogP contribution < -0.4 is 4.80 Å². The molecule has 0 aliphatic heterocycles. The Hall–Kier alpha value is -1.40. The highest BCUT2D eigenvalue weighted by molar-refractivity contribution is 7.16. The van der Waals surface area contributed by atoms with Crippen molar-refractivity contribution in [3.63, 3.8) is 0 Å². The first-order valence-electron chi connectivity index (χ1n) is 6.30. The number of aryl methyl sites for hydroxylation is 1. The summed E-state index contributed by atoms with van der Waals surface area (Å²) >= 11 is 15.2. The predicted octanol–water partition coefficient (Wildman–Crippen LogP) is 4.75. The van der Waals surface area contributed by atoms with Crippen molar-refractivity contribution in [2.75, 3.05) is 0 Å². The van der Waals surface area contributed by atoms with Crippen LogP contribution in [0.1, 0.15) is 4.88 Å². The standard InChI is InChI=1S/C15H10Cl2N2OS2/c1-19-14-11(6-5-10(16)13(14)17)22-15(19)18-12(20)7-4-9-3-2-8-21-9/h2-8H,1H3/b7-4+,18-15?. The highest BCUT2D eigenvalue weighted by Gasteiger charge is 2.10. The van der Waals surface area contributed by atoms with Crippen LogP contribution in [0.4, 0.5) is 0 Å². The number of hydrogen-bond acceptors (Lipinski definition) is 3. The van der Waals surface area contributed by atoms with Gasteiger partial charge in [0.2, 0.25) is 0 Å². The molecule has 0 aliphatic rings. The predicted molar refractivity (Wildman–Crippen MR) is 94.7 cm³/mol. The van der Waals surface area contributed by atoms with Crippen molar-refractivity contribution in [3.05, 3.63) is 55.4 Å². The fraction of sp³-hybridized carbons (Fsp3) is 0.0667. The fourth-order valence-corrected chi connectivity index (χ4v) is 4.10. The smallest absolute Gasteiger partial charge is 0.272 e. The molecule has 0 saturated carbocycles. The molecule has 22 heavy (non-hydrogen) atoms. The third kappa shape index (κ3) is 3.03. The number of benzene rings is 1. The normalized spacial score (nSPS) is 12.6. The quantitative estimate of drug-likeness (QED) is 0.601. The summed E-state index contributed by atoms with van der Waals surface area (Å²) in [6, 6.07) is 7.49. The van der Waals surface area contributed by atoms with E-state index in [1.807, 2.05) is 30.6 Å². The third-order valence-electron chi connectivity index (χ3n) is 2.99. The maximum atomic E-state index is 12.0. The molecule has 0 N–H and O–H groups in total. The Kier molecular flexibility index (Phi) is 4.49. The first kappa shape index (κ1) is 15.5. The van der Waals surface area contributed by atoms with E-state index in [1.165, 1.54) is 17.4 Å². The summed E-state index contributed by atoms with van der Waals surface area (Å²) in [4.78, 5) is 17.7. The van der Waals surface area contributed by atoms with Crippen LogP contribution in [0.3, 0.4) is 0 Å². The fourth-order valence-electron chi connectivity index (χ4n) is 1.95.